The molecule has 0 saturated carbocycles. The van der Waals surface area contributed by atoms with E-state index in [2.05, 4.69) is 10.3 Å². The SMILES string of the molecule is CCCC(=O)N1CCC(C(=O)Nc2nc(-c3c(F)cccc3F)cs2)CC1. The van der Waals surface area contributed by atoms with Crippen molar-refractivity contribution >= 4 is 28.3 Å². The Labute approximate surface area is 160 Å². The summed E-state index contributed by atoms with van der Waals surface area (Å²) in [6.07, 6.45) is 2.54. The standard InChI is InChI=1S/C19H21F2N3O2S/c1-2-4-16(25)24-9-7-12(8-10-24)18(26)23-19-22-15(11-27-19)17-13(20)5-3-6-14(17)21/h3,5-6,11-12H,2,4,7-10H2,1H3,(H,22,23,26). The molecule has 144 valence electrons. The van der Waals surface area contributed by atoms with Crippen LogP contribution in [0.3, 0.4) is 0 Å². The molecule has 0 atom stereocenters. The molecular weight excluding hydrogens is 372 g/mol. The van der Waals surface area contributed by atoms with Crippen LogP contribution in [-0.2, 0) is 9.59 Å². The van der Waals surface area contributed by atoms with E-state index in [0.29, 0.717) is 37.5 Å². The minimum Gasteiger partial charge on any atom is -0.343 e. The van der Waals surface area contributed by atoms with Gasteiger partial charge in [-0.05, 0) is 31.4 Å². The third kappa shape index (κ3) is 4.50. The van der Waals surface area contributed by atoms with Crippen LogP contribution in [0.15, 0.2) is 23.6 Å². The Balaban J connectivity index is 1.60. The van der Waals surface area contributed by atoms with E-state index < -0.39 is 11.6 Å². The lowest BCUT2D eigenvalue weighted by atomic mass is 9.95. The molecule has 27 heavy (non-hydrogen) atoms. The van der Waals surface area contributed by atoms with Crippen LogP contribution >= 0.6 is 11.3 Å². The second-order valence-electron chi connectivity index (χ2n) is 6.53. The highest BCUT2D eigenvalue weighted by Gasteiger charge is 2.27. The summed E-state index contributed by atoms with van der Waals surface area (Å²) >= 11 is 1.13. The molecule has 3 rings (SSSR count). The molecule has 0 aliphatic carbocycles. The molecule has 1 aliphatic heterocycles. The molecule has 1 saturated heterocycles. The van der Waals surface area contributed by atoms with E-state index in [1.165, 1.54) is 23.6 Å². The first kappa shape index (κ1) is 19.4. The lowest BCUT2D eigenvalue weighted by molar-refractivity contribution is -0.134. The summed E-state index contributed by atoms with van der Waals surface area (Å²) in [6.45, 7) is 3.11. The van der Waals surface area contributed by atoms with Gasteiger partial charge in [-0.3, -0.25) is 9.59 Å². The Hall–Kier alpha value is -2.35. The fraction of sp³-hybridized carbons (Fsp3) is 0.421. The lowest BCUT2D eigenvalue weighted by Gasteiger charge is -2.31. The maximum Gasteiger partial charge on any atom is 0.229 e. The molecule has 8 heteroatoms. The third-order valence-electron chi connectivity index (χ3n) is 4.64. The molecule has 1 fully saturated rings. The predicted octanol–water partition coefficient (Wildman–Crippen LogP) is 4.07. The Bertz CT molecular complexity index is 812. The average Bonchev–Trinajstić information content (AvgIpc) is 3.10. The van der Waals surface area contributed by atoms with Crippen LogP contribution in [0.25, 0.3) is 11.3 Å². The molecule has 1 aromatic carbocycles. The number of piperidine rings is 1. The van der Waals surface area contributed by atoms with Crippen LogP contribution in [0.4, 0.5) is 13.9 Å². The molecule has 2 amide bonds. The van der Waals surface area contributed by atoms with Gasteiger partial charge in [0.2, 0.25) is 11.8 Å². The molecule has 0 unspecified atom stereocenters. The van der Waals surface area contributed by atoms with E-state index in [-0.39, 0.29) is 29.0 Å². The number of hydrogen-bond donors (Lipinski definition) is 1. The van der Waals surface area contributed by atoms with Crippen molar-refractivity contribution in [3.63, 3.8) is 0 Å². The molecule has 1 N–H and O–H groups in total. The number of thiazole rings is 1. The number of aromatic nitrogens is 1. The van der Waals surface area contributed by atoms with Crippen molar-refractivity contribution in [2.45, 2.75) is 32.6 Å². The summed E-state index contributed by atoms with van der Waals surface area (Å²) in [5.41, 5.74) is -0.0390. The average molecular weight is 393 g/mol. The first-order valence-corrected chi connectivity index (χ1v) is 9.86. The van der Waals surface area contributed by atoms with E-state index in [0.717, 1.165) is 17.8 Å². The van der Waals surface area contributed by atoms with Crippen molar-refractivity contribution in [1.82, 2.24) is 9.88 Å². The van der Waals surface area contributed by atoms with Crippen LogP contribution in [0.5, 0.6) is 0 Å². The quantitative estimate of drug-likeness (QED) is 0.833. The van der Waals surface area contributed by atoms with Crippen LogP contribution in [-0.4, -0.2) is 34.8 Å². The number of likely N-dealkylation sites (tertiary alicyclic amines) is 1. The Kier molecular flexibility index (Phi) is 6.15. The van der Waals surface area contributed by atoms with Gasteiger partial charge in [0.25, 0.3) is 0 Å². The highest BCUT2D eigenvalue weighted by atomic mass is 32.1. The number of carbonyl (C=O) groups excluding carboxylic acids is 2. The summed E-state index contributed by atoms with van der Waals surface area (Å²) in [5, 5.41) is 4.55. The summed E-state index contributed by atoms with van der Waals surface area (Å²) in [7, 11) is 0. The number of nitrogens with zero attached hydrogens (tertiary/aromatic N) is 2. The van der Waals surface area contributed by atoms with Crippen LogP contribution in [0, 0.1) is 17.6 Å². The molecule has 0 spiro atoms. The van der Waals surface area contributed by atoms with Gasteiger partial charge in [-0.2, -0.15) is 0 Å². The van der Waals surface area contributed by atoms with Crippen molar-refractivity contribution in [1.29, 1.82) is 0 Å². The van der Waals surface area contributed by atoms with E-state index in [1.807, 2.05) is 6.92 Å². The van der Waals surface area contributed by atoms with Gasteiger partial charge in [-0.25, -0.2) is 13.8 Å². The Morgan fingerprint density at radius 3 is 2.56 bits per heavy atom. The van der Waals surface area contributed by atoms with Crippen molar-refractivity contribution in [2.75, 3.05) is 18.4 Å². The molecule has 0 bridgehead atoms. The normalized spacial score (nSPS) is 15.0. The Morgan fingerprint density at radius 2 is 1.93 bits per heavy atom. The van der Waals surface area contributed by atoms with Gasteiger partial charge >= 0.3 is 0 Å². The second kappa shape index (κ2) is 8.56. The summed E-state index contributed by atoms with van der Waals surface area (Å²) < 4.78 is 27.7. The molecule has 5 nitrogen and oxygen atoms in total. The fourth-order valence-corrected chi connectivity index (χ4v) is 3.86. The van der Waals surface area contributed by atoms with E-state index >= 15 is 0 Å². The summed E-state index contributed by atoms with van der Waals surface area (Å²) in [5.74, 6) is -1.63. The van der Waals surface area contributed by atoms with Gasteiger partial charge in [0.1, 0.15) is 11.6 Å². The number of benzene rings is 1. The maximum atomic E-state index is 13.9. The molecular formula is C19H21F2N3O2S. The fourth-order valence-electron chi connectivity index (χ4n) is 3.16. The van der Waals surface area contributed by atoms with E-state index in [9.17, 15) is 18.4 Å². The number of halogens is 2. The molecule has 1 aliphatic rings. The monoisotopic (exact) mass is 393 g/mol. The molecule has 1 aromatic heterocycles. The predicted molar refractivity (Wildman–Crippen MR) is 100 cm³/mol. The number of amides is 2. The molecule has 2 heterocycles. The first-order chi connectivity index (χ1) is 13.0. The molecule has 2 aromatic rings. The Morgan fingerprint density at radius 1 is 1.26 bits per heavy atom. The van der Waals surface area contributed by atoms with Gasteiger partial charge < -0.3 is 10.2 Å². The zero-order chi connectivity index (χ0) is 19.4. The minimum absolute atomic E-state index is 0.132. The van der Waals surface area contributed by atoms with Crippen LogP contribution in [0.1, 0.15) is 32.6 Å². The summed E-state index contributed by atoms with van der Waals surface area (Å²) in [6, 6.07) is 3.63. The maximum absolute atomic E-state index is 13.9. The highest BCUT2D eigenvalue weighted by Crippen LogP contribution is 2.30. The van der Waals surface area contributed by atoms with E-state index in [1.54, 1.807) is 4.90 Å². The zero-order valence-corrected chi connectivity index (χ0v) is 15.8. The highest BCUT2D eigenvalue weighted by molar-refractivity contribution is 7.14. The van der Waals surface area contributed by atoms with Crippen molar-refractivity contribution < 1.29 is 18.4 Å². The summed E-state index contributed by atoms with van der Waals surface area (Å²) in [4.78, 5) is 30.3. The van der Waals surface area contributed by atoms with Crippen molar-refractivity contribution in [3.8, 4) is 11.3 Å². The van der Waals surface area contributed by atoms with Crippen molar-refractivity contribution in [2.24, 2.45) is 5.92 Å². The zero-order valence-electron chi connectivity index (χ0n) is 15.0. The van der Waals surface area contributed by atoms with E-state index in [4.69, 9.17) is 0 Å². The van der Waals surface area contributed by atoms with Gasteiger partial charge in [0.15, 0.2) is 5.13 Å². The number of anilines is 1. The van der Waals surface area contributed by atoms with Gasteiger partial charge in [0, 0.05) is 30.8 Å². The molecule has 0 radical (unpaired) electrons. The van der Waals surface area contributed by atoms with Crippen LogP contribution < -0.4 is 5.32 Å². The first-order valence-electron chi connectivity index (χ1n) is 8.98. The third-order valence-corrected chi connectivity index (χ3v) is 5.39. The minimum atomic E-state index is -0.692. The number of nitrogens with one attached hydrogen (secondary N) is 1. The smallest absolute Gasteiger partial charge is 0.229 e. The van der Waals surface area contributed by atoms with Gasteiger partial charge in [0.05, 0.1) is 11.3 Å². The lowest BCUT2D eigenvalue weighted by Crippen LogP contribution is -2.41. The van der Waals surface area contributed by atoms with Crippen molar-refractivity contribution in [3.05, 3.63) is 35.2 Å². The largest absolute Gasteiger partial charge is 0.343 e. The second-order valence-corrected chi connectivity index (χ2v) is 7.39. The number of hydrogen-bond acceptors (Lipinski definition) is 4. The number of rotatable bonds is 5. The van der Waals surface area contributed by atoms with Gasteiger partial charge in [-0.15, -0.1) is 11.3 Å². The van der Waals surface area contributed by atoms with Gasteiger partial charge in [-0.1, -0.05) is 13.0 Å². The van der Waals surface area contributed by atoms with Crippen LogP contribution in [0.2, 0.25) is 0 Å². The topological polar surface area (TPSA) is 62.3 Å². The number of carbonyl (C=O) groups is 2.